The zero-order chi connectivity index (χ0) is 70.6. The van der Waals surface area contributed by atoms with Gasteiger partial charge in [0.15, 0.2) is 0 Å². The zero-order valence-corrected chi connectivity index (χ0v) is 64.3. The molecule has 97 heavy (non-hydrogen) atoms. The molecule has 3 aliphatic heterocycles. The van der Waals surface area contributed by atoms with E-state index in [9.17, 15) is 0 Å². The Morgan fingerprint density at radius 2 is 0.876 bits per heavy atom. The summed E-state index contributed by atoms with van der Waals surface area (Å²) in [5.74, 6) is 0. The summed E-state index contributed by atoms with van der Waals surface area (Å²) in [5, 5.41) is 15.2. The molecular weight excluding hydrogens is 1190 g/mol. The predicted molar refractivity (Wildman–Crippen MR) is 426 cm³/mol. The van der Waals surface area contributed by atoms with E-state index in [4.69, 9.17) is 9.84 Å². The van der Waals surface area contributed by atoms with E-state index >= 15 is 0 Å². The van der Waals surface area contributed by atoms with Gasteiger partial charge in [-0.25, -0.2) is 0 Å². The van der Waals surface area contributed by atoms with Crippen LogP contribution in [-0.4, -0.2) is 137 Å². The molecular formula is C88H143N7O2. The molecule has 3 saturated heterocycles. The van der Waals surface area contributed by atoms with Gasteiger partial charge in [-0.2, -0.15) is 0 Å². The average Bonchev–Trinajstić information content (AvgIpc) is 0.916. The largest absolute Gasteiger partial charge is 0.395 e. The highest BCUT2D eigenvalue weighted by Crippen LogP contribution is 2.30. The van der Waals surface area contributed by atoms with Crippen LogP contribution in [0, 0.1) is 0 Å². The van der Waals surface area contributed by atoms with Gasteiger partial charge < -0.3 is 25.4 Å². The summed E-state index contributed by atoms with van der Waals surface area (Å²) in [6, 6.07) is 53.0. The highest BCUT2D eigenvalue weighted by atomic mass is 16.5. The molecule has 3 N–H and O–H groups in total. The number of hydrogen-bond donors (Lipinski definition) is 3. The fourth-order valence-corrected chi connectivity index (χ4v) is 12.0. The van der Waals surface area contributed by atoms with Crippen LogP contribution < -0.4 is 10.6 Å². The van der Waals surface area contributed by atoms with Crippen LogP contribution in [0.2, 0.25) is 0 Å². The number of benzene rings is 6. The molecule has 3 aliphatic rings. The van der Waals surface area contributed by atoms with Crippen LogP contribution in [0.3, 0.4) is 0 Å². The summed E-state index contributed by atoms with van der Waals surface area (Å²) in [5.41, 5.74) is 19.7. The summed E-state index contributed by atoms with van der Waals surface area (Å²) in [6.07, 6.45) is 2.47. The Bertz CT molecular complexity index is 3110. The Morgan fingerprint density at radius 1 is 0.443 bits per heavy atom. The van der Waals surface area contributed by atoms with E-state index in [0.717, 1.165) is 78.7 Å². The normalized spacial score (nSPS) is 15.2. The fourth-order valence-electron chi connectivity index (χ4n) is 12.0. The molecule has 9 nitrogen and oxygen atoms in total. The minimum absolute atomic E-state index is 0. The van der Waals surface area contributed by atoms with Crippen molar-refractivity contribution in [3.8, 4) is 0 Å². The van der Waals surface area contributed by atoms with Gasteiger partial charge in [0.1, 0.15) is 0 Å². The van der Waals surface area contributed by atoms with Crippen LogP contribution in [0.5, 0.6) is 0 Å². The quantitative estimate of drug-likeness (QED) is 0.0926. The first-order valence-corrected chi connectivity index (χ1v) is 35.7. The lowest BCUT2D eigenvalue weighted by Crippen LogP contribution is -2.43. The Labute approximate surface area is 597 Å². The maximum Gasteiger partial charge on any atom is 0.0594 e. The van der Waals surface area contributed by atoms with Crippen molar-refractivity contribution in [1.82, 2.24) is 35.1 Å². The fraction of sp³-hybridized carbons (Fsp3) is 0.568. The molecule has 0 bridgehead atoms. The summed E-state index contributed by atoms with van der Waals surface area (Å²) >= 11 is 0. The first-order valence-electron chi connectivity index (χ1n) is 35.7. The number of piperidine rings is 1. The van der Waals surface area contributed by atoms with Crippen molar-refractivity contribution in [2.75, 3.05) is 107 Å². The zero-order valence-electron chi connectivity index (χ0n) is 64.3. The molecule has 3 heterocycles. The van der Waals surface area contributed by atoms with E-state index < -0.39 is 0 Å². The maximum absolute atomic E-state index is 8.86. The minimum Gasteiger partial charge on any atom is -0.395 e. The van der Waals surface area contributed by atoms with Gasteiger partial charge in [0.25, 0.3) is 0 Å². The second-order valence-electron chi connectivity index (χ2n) is 33.2. The first-order chi connectivity index (χ1) is 44.5. The molecule has 0 atom stereocenters. The van der Waals surface area contributed by atoms with Crippen molar-refractivity contribution in [1.29, 1.82) is 0 Å². The Morgan fingerprint density at radius 3 is 1.35 bits per heavy atom. The van der Waals surface area contributed by atoms with Crippen molar-refractivity contribution in [2.24, 2.45) is 0 Å². The molecule has 9 heteroatoms. The number of piperazine rings is 1. The van der Waals surface area contributed by atoms with Crippen LogP contribution in [0.15, 0.2) is 158 Å². The summed E-state index contributed by atoms with van der Waals surface area (Å²) in [4.78, 5) is 12.1. The molecule has 0 aromatic heterocycles. The molecule has 542 valence electrons. The van der Waals surface area contributed by atoms with Crippen LogP contribution in [0.1, 0.15) is 219 Å². The van der Waals surface area contributed by atoms with Gasteiger partial charge >= 0.3 is 0 Å². The summed E-state index contributed by atoms with van der Waals surface area (Å²) in [6.45, 7) is 62.6. The minimum atomic E-state index is 0. The predicted octanol–water partition coefficient (Wildman–Crippen LogP) is 18.8. The molecule has 0 amide bonds. The lowest BCUT2D eigenvalue weighted by molar-refractivity contribution is 0.0340. The number of nitrogens with zero attached hydrogens (tertiary/aromatic N) is 5. The third-order valence-corrected chi connectivity index (χ3v) is 17.9. The van der Waals surface area contributed by atoms with Crippen molar-refractivity contribution in [3.63, 3.8) is 0 Å². The van der Waals surface area contributed by atoms with Gasteiger partial charge in [0.2, 0.25) is 0 Å². The molecule has 3 fully saturated rings. The number of likely N-dealkylation sites (tertiary alicyclic amines) is 1. The van der Waals surface area contributed by atoms with E-state index in [0.29, 0.717) is 0 Å². The van der Waals surface area contributed by atoms with Crippen LogP contribution in [-0.2, 0) is 76.5 Å². The molecule has 0 spiro atoms. The van der Waals surface area contributed by atoms with E-state index in [1.165, 1.54) is 118 Å². The highest BCUT2D eigenvalue weighted by Gasteiger charge is 2.22. The van der Waals surface area contributed by atoms with Crippen LogP contribution >= 0.6 is 0 Å². The number of aliphatic hydroxyl groups excluding tert-OH is 1. The second kappa shape index (κ2) is 42.1. The lowest BCUT2D eigenvalue weighted by atomic mass is 9.83. The standard InChI is InChI=1S/C17H25N.C16H26N2.C15H23NO.C14H23NO.2C12H19N.2CH4/c1-14-7-6-10-18(12-14)13-15-8-5-9-16(11-15)17(2,3)4;1-16(2,3)15-7-5-14(6-8-15)13-18-11-9-17(4)10-12-18;1-15(2,3)14-7-5-4-6-13(14)12-16-8-10-17-11-9-16;1-14(2,3)13-7-5-6-12(10-13)11-15(4)8-9-16;1-12(2,3)11-7-5-6-10(8-11)9-13-4;1-12(2,3)11-8-6-5-7-10(11)9-13-4;;/h5,8-9,11H,1,6-7,10,12-13H2,2-4H3;5-8H,9-13H2,1-4H3;4-7H,8-12H2,1-3H3;5-7,10,16H,8-9,11H2,1-4H3;2*5-8,13H,9H2,1-4H3;2*1H4. The number of likely N-dealkylation sites (N-methyl/N-ethyl adjacent to an activating group) is 2. The van der Waals surface area contributed by atoms with Crippen molar-refractivity contribution >= 4 is 0 Å². The molecule has 9 rings (SSSR count). The van der Waals surface area contributed by atoms with Gasteiger partial charge in [-0.3, -0.25) is 19.6 Å². The summed E-state index contributed by atoms with van der Waals surface area (Å²) < 4.78 is 5.39. The molecule has 6 aromatic rings. The van der Waals surface area contributed by atoms with E-state index in [-0.39, 0.29) is 54.0 Å². The molecule has 6 aromatic carbocycles. The van der Waals surface area contributed by atoms with E-state index in [1.807, 2.05) is 21.1 Å². The smallest absolute Gasteiger partial charge is 0.0594 e. The van der Waals surface area contributed by atoms with Crippen molar-refractivity contribution in [2.45, 2.75) is 224 Å². The molecule has 0 saturated carbocycles. The van der Waals surface area contributed by atoms with Gasteiger partial charge in [-0.1, -0.05) is 297 Å². The monoisotopic (exact) mass is 1330 g/mol. The lowest BCUT2D eigenvalue weighted by Gasteiger charge is -2.32. The van der Waals surface area contributed by atoms with Crippen LogP contribution in [0.25, 0.3) is 0 Å². The number of rotatable bonds is 14. The van der Waals surface area contributed by atoms with E-state index in [1.54, 1.807) is 0 Å². The molecule has 0 radical (unpaired) electrons. The number of morpholine rings is 1. The average molecular weight is 1330 g/mol. The number of aliphatic hydroxyl groups is 1. The molecule has 0 unspecified atom stereocenters. The SMILES string of the molecule is C.C.C=C1CCCN(Cc2cccc(C(C)(C)C)c2)C1.CC(C)(C)c1ccccc1CN1CCOCC1.CN(CCO)Cc1cccc(C(C)(C)C)c1.CN1CCN(Cc2ccc(C(C)(C)C)cc2)CC1.CNCc1cccc(C(C)(C)C)c1.CNCc1ccccc1C(C)(C)C. The molecule has 0 aliphatic carbocycles. The maximum atomic E-state index is 8.86. The summed E-state index contributed by atoms with van der Waals surface area (Å²) in [7, 11) is 8.19. The Balaban J connectivity index is 0.000000396. The number of nitrogens with one attached hydrogen (secondary N) is 2. The van der Waals surface area contributed by atoms with Gasteiger partial charge in [-0.15, -0.1) is 0 Å². The number of hydrogen-bond acceptors (Lipinski definition) is 9. The first kappa shape index (κ1) is 87.8. The third kappa shape index (κ3) is 33.6. The topological polar surface area (TPSA) is 69.7 Å². The van der Waals surface area contributed by atoms with Crippen LogP contribution in [0.4, 0.5) is 0 Å². The van der Waals surface area contributed by atoms with E-state index in [2.05, 4.69) is 319 Å². The Kier molecular flexibility index (Phi) is 38.1. The van der Waals surface area contributed by atoms with Gasteiger partial charge in [0, 0.05) is 91.6 Å². The van der Waals surface area contributed by atoms with Crippen molar-refractivity contribution in [3.05, 3.63) is 225 Å². The highest BCUT2D eigenvalue weighted by molar-refractivity contribution is 5.35. The van der Waals surface area contributed by atoms with Gasteiger partial charge in [0.05, 0.1) is 19.8 Å². The Hall–Kier alpha value is -5.30. The number of ether oxygens (including phenoxy) is 1. The van der Waals surface area contributed by atoms with Gasteiger partial charge in [-0.05, 0) is 147 Å². The third-order valence-electron chi connectivity index (χ3n) is 17.9. The van der Waals surface area contributed by atoms with Crippen molar-refractivity contribution < 1.29 is 9.84 Å². The second-order valence-corrected chi connectivity index (χ2v) is 33.2.